The number of benzene rings is 2. The number of hydrogen-bond donors (Lipinski definition) is 2. The van der Waals surface area contributed by atoms with Crippen molar-refractivity contribution in [3.63, 3.8) is 0 Å². The zero-order valence-electron chi connectivity index (χ0n) is 11.2. The molecule has 3 nitrogen and oxygen atoms in total. The van der Waals surface area contributed by atoms with E-state index in [2.05, 4.69) is 44.8 Å². The number of hydrogen-bond acceptors (Lipinski definition) is 2. The molecule has 1 heterocycles. The van der Waals surface area contributed by atoms with Gasteiger partial charge < -0.3 is 10.6 Å². The van der Waals surface area contributed by atoms with Crippen molar-refractivity contribution >= 4 is 33.4 Å². The number of rotatable bonds is 3. The van der Waals surface area contributed by atoms with Gasteiger partial charge in [0, 0.05) is 24.1 Å². The van der Waals surface area contributed by atoms with Crippen molar-refractivity contribution in [2.75, 3.05) is 0 Å². The lowest BCUT2D eigenvalue weighted by molar-refractivity contribution is 0.0951. The molecule has 2 aromatic carbocycles. The topological polar surface area (TPSA) is 41.1 Å². The summed E-state index contributed by atoms with van der Waals surface area (Å²) >= 11 is 9.41. The Bertz CT molecular complexity index is 703. The summed E-state index contributed by atoms with van der Waals surface area (Å²) in [7, 11) is 0. The molecular formula is C16H14BrClN2O. The summed E-state index contributed by atoms with van der Waals surface area (Å²) in [5.41, 5.74) is 4.22. The van der Waals surface area contributed by atoms with Crippen molar-refractivity contribution in [3.8, 4) is 0 Å². The highest BCUT2D eigenvalue weighted by Gasteiger charge is 2.12. The maximum atomic E-state index is 12.2. The number of amides is 1. The van der Waals surface area contributed by atoms with Crippen LogP contribution in [0.25, 0.3) is 0 Å². The summed E-state index contributed by atoms with van der Waals surface area (Å²) in [5, 5.41) is 6.67. The lowest BCUT2D eigenvalue weighted by Crippen LogP contribution is -2.23. The van der Waals surface area contributed by atoms with Gasteiger partial charge in [-0.1, -0.05) is 45.7 Å². The molecule has 0 fully saturated rings. The molecule has 21 heavy (non-hydrogen) atoms. The molecule has 1 amide bonds. The Labute approximate surface area is 136 Å². The second-order valence-electron chi connectivity index (χ2n) is 5.01. The third kappa shape index (κ3) is 3.28. The standard InChI is InChI=1S/C16H14BrClN2O/c17-13-3-4-15(18)14(6-13)16(21)20-7-10-1-2-11-8-19-9-12(11)5-10/h1-6,19H,7-9H2,(H,20,21). The maximum absolute atomic E-state index is 12.2. The third-order valence-electron chi connectivity index (χ3n) is 3.53. The number of fused-ring (bicyclic) bond motifs is 1. The van der Waals surface area contributed by atoms with Crippen LogP contribution in [0.5, 0.6) is 0 Å². The van der Waals surface area contributed by atoms with Gasteiger partial charge in [-0.15, -0.1) is 0 Å². The fraction of sp³-hybridized carbons (Fsp3) is 0.188. The van der Waals surface area contributed by atoms with Crippen molar-refractivity contribution in [2.24, 2.45) is 0 Å². The van der Waals surface area contributed by atoms with E-state index in [1.165, 1.54) is 11.1 Å². The minimum Gasteiger partial charge on any atom is -0.348 e. The van der Waals surface area contributed by atoms with Gasteiger partial charge >= 0.3 is 0 Å². The average Bonchev–Trinajstić information content (AvgIpc) is 2.94. The lowest BCUT2D eigenvalue weighted by atomic mass is 10.1. The molecule has 2 N–H and O–H groups in total. The van der Waals surface area contributed by atoms with E-state index in [0.717, 1.165) is 23.1 Å². The molecule has 0 bridgehead atoms. The normalized spacial score (nSPS) is 13.0. The van der Waals surface area contributed by atoms with Crippen LogP contribution in [0.2, 0.25) is 5.02 Å². The molecule has 0 saturated carbocycles. The molecule has 1 aliphatic rings. The van der Waals surface area contributed by atoms with E-state index >= 15 is 0 Å². The van der Waals surface area contributed by atoms with E-state index < -0.39 is 0 Å². The molecular weight excluding hydrogens is 352 g/mol. The molecule has 1 aliphatic heterocycles. The molecule has 0 radical (unpaired) electrons. The minimum absolute atomic E-state index is 0.167. The summed E-state index contributed by atoms with van der Waals surface area (Å²) in [6.07, 6.45) is 0. The van der Waals surface area contributed by atoms with E-state index in [0.29, 0.717) is 17.1 Å². The van der Waals surface area contributed by atoms with Crippen molar-refractivity contribution in [1.29, 1.82) is 0 Å². The van der Waals surface area contributed by atoms with Gasteiger partial charge in [-0.2, -0.15) is 0 Å². The van der Waals surface area contributed by atoms with Crippen LogP contribution in [0.4, 0.5) is 0 Å². The van der Waals surface area contributed by atoms with Gasteiger partial charge in [0.15, 0.2) is 0 Å². The number of carbonyl (C=O) groups excluding carboxylic acids is 1. The molecule has 0 spiro atoms. The van der Waals surface area contributed by atoms with E-state index in [4.69, 9.17) is 11.6 Å². The van der Waals surface area contributed by atoms with Crippen LogP contribution >= 0.6 is 27.5 Å². The quantitative estimate of drug-likeness (QED) is 0.872. The van der Waals surface area contributed by atoms with Crippen LogP contribution in [-0.4, -0.2) is 5.91 Å². The zero-order chi connectivity index (χ0) is 14.8. The SMILES string of the molecule is O=C(NCc1ccc2c(c1)CNC2)c1cc(Br)ccc1Cl. The van der Waals surface area contributed by atoms with Gasteiger partial charge in [-0.25, -0.2) is 0 Å². The lowest BCUT2D eigenvalue weighted by Gasteiger charge is -2.08. The molecule has 0 atom stereocenters. The summed E-state index contributed by atoms with van der Waals surface area (Å²) in [6.45, 7) is 2.32. The predicted octanol–water partition coefficient (Wildman–Crippen LogP) is 3.64. The van der Waals surface area contributed by atoms with Gasteiger partial charge in [-0.3, -0.25) is 4.79 Å². The summed E-state index contributed by atoms with van der Waals surface area (Å²) in [6, 6.07) is 11.5. The van der Waals surface area contributed by atoms with Crippen molar-refractivity contribution < 1.29 is 4.79 Å². The second-order valence-corrected chi connectivity index (χ2v) is 6.34. The van der Waals surface area contributed by atoms with Crippen LogP contribution in [-0.2, 0) is 19.6 Å². The molecule has 3 rings (SSSR count). The van der Waals surface area contributed by atoms with Crippen LogP contribution in [0.3, 0.4) is 0 Å². The largest absolute Gasteiger partial charge is 0.348 e. The van der Waals surface area contributed by atoms with Crippen LogP contribution in [0.15, 0.2) is 40.9 Å². The molecule has 2 aromatic rings. The Balaban J connectivity index is 1.70. The monoisotopic (exact) mass is 364 g/mol. The fourth-order valence-electron chi connectivity index (χ4n) is 2.41. The van der Waals surface area contributed by atoms with Crippen molar-refractivity contribution in [1.82, 2.24) is 10.6 Å². The Morgan fingerprint density at radius 1 is 1.19 bits per heavy atom. The highest BCUT2D eigenvalue weighted by Crippen LogP contribution is 2.21. The third-order valence-corrected chi connectivity index (χ3v) is 4.35. The highest BCUT2D eigenvalue weighted by atomic mass is 79.9. The summed E-state index contributed by atoms with van der Waals surface area (Å²) < 4.78 is 0.834. The fourth-order valence-corrected chi connectivity index (χ4v) is 2.97. The van der Waals surface area contributed by atoms with E-state index in [1.54, 1.807) is 12.1 Å². The minimum atomic E-state index is -0.167. The Kier molecular flexibility index (Phi) is 4.29. The first-order valence-electron chi connectivity index (χ1n) is 6.68. The molecule has 0 aliphatic carbocycles. The van der Waals surface area contributed by atoms with E-state index in [1.807, 2.05) is 6.07 Å². The smallest absolute Gasteiger partial charge is 0.253 e. The van der Waals surface area contributed by atoms with Gasteiger partial charge in [0.1, 0.15) is 0 Å². The first-order chi connectivity index (χ1) is 10.1. The van der Waals surface area contributed by atoms with Crippen LogP contribution in [0.1, 0.15) is 27.0 Å². The van der Waals surface area contributed by atoms with Crippen LogP contribution < -0.4 is 10.6 Å². The number of halogens is 2. The predicted molar refractivity (Wildman–Crippen MR) is 87.3 cm³/mol. The van der Waals surface area contributed by atoms with E-state index in [9.17, 15) is 4.79 Å². The van der Waals surface area contributed by atoms with Crippen molar-refractivity contribution in [3.05, 3.63) is 68.1 Å². The zero-order valence-corrected chi connectivity index (χ0v) is 13.6. The second kappa shape index (κ2) is 6.18. The Morgan fingerprint density at radius 2 is 2.00 bits per heavy atom. The van der Waals surface area contributed by atoms with Gasteiger partial charge in [0.05, 0.1) is 10.6 Å². The highest BCUT2D eigenvalue weighted by molar-refractivity contribution is 9.10. The number of carbonyl (C=O) groups is 1. The number of nitrogens with one attached hydrogen (secondary N) is 2. The first kappa shape index (κ1) is 14.6. The Morgan fingerprint density at radius 3 is 2.86 bits per heavy atom. The van der Waals surface area contributed by atoms with Crippen molar-refractivity contribution in [2.45, 2.75) is 19.6 Å². The van der Waals surface area contributed by atoms with Crippen LogP contribution in [0, 0.1) is 0 Å². The summed E-state index contributed by atoms with van der Waals surface area (Å²) in [5.74, 6) is -0.167. The Hall–Kier alpha value is -1.36. The maximum Gasteiger partial charge on any atom is 0.253 e. The molecule has 5 heteroatoms. The summed E-state index contributed by atoms with van der Waals surface area (Å²) in [4.78, 5) is 12.2. The molecule has 0 aromatic heterocycles. The van der Waals surface area contributed by atoms with Gasteiger partial charge in [0.2, 0.25) is 0 Å². The molecule has 0 saturated heterocycles. The first-order valence-corrected chi connectivity index (χ1v) is 7.85. The van der Waals surface area contributed by atoms with Gasteiger partial charge in [0.25, 0.3) is 5.91 Å². The molecule has 108 valence electrons. The van der Waals surface area contributed by atoms with Gasteiger partial charge in [-0.05, 0) is 34.9 Å². The molecule has 0 unspecified atom stereocenters. The average molecular weight is 366 g/mol. The van der Waals surface area contributed by atoms with E-state index in [-0.39, 0.29) is 5.91 Å².